The van der Waals surface area contributed by atoms with E-state index < -0.39 is 35.5 Å². The van der Waals surface area contributed by atoms with Crippen molar-refractivity contribution in [3.63, 3.8) is 0 Å². The van der Waals surface area contributed by atoms with Gasteiger partial charge in [-0.2, -0.15) is 0 Å². The number of rotatable bonds is 11. The highest BCUT2D eigenvalue weighted by Crippen LogP contribution is 2.58. The Balaban J connectivity index is 0.713. The van der Waals surface area contributed by atoms with Crippen molar-refractivity contribution in [1.82, 2.24) is 40.4 Å². The van der Waals surface area contributed by atoms with E-state index in [2.05, 4.69) is 74.0 Å². The zero-order valence-electron chi connectivity index (χ0n) is 40.9. The summed E-state index contributed by atoms with van der Waals surface area (Å²) in [6, 6.07) is 15.7. The third-order valence-corrected chi connectivity index (χ3v) is 17.1. The Labute approximate surface area is 404 Å². The van der Waals surface area contributed by atoms with Gasteiger partial charge in [0.15, 0.2) is 0 Å². The fourth-order valence-electron chi connectivity index (χ4n) is 13.4. The standard InChI is InChI=1S/C55H68N8O6/c1-54(2,3)68-52(66)60-46(38-19-33-17-34(33)20-38)50(64)62-42-16-15-32(42)23-44(62)48-56-26-40(58-48)30-11-7-28(8-12-30)29-9-13-31(14-10-29)41-27-57-49(59-41)45-25-37-24-43(37)63(45)51(65)47(39-21-35-18-36(35)22-39)61-53(67)69-55(4,5)6/h7-14,26-27,32-39,42-47H,15-25H2,1-6H3,(H,56,58)(H,57,59)(H,60,66)(H,61,67). The molecular formula is C55H68N8O6. The maximum absolute atomic E-state index is 14.7. The molecule has 6 aliphatic carbocycles. The molecule has 364 valence electrons. The number of piperidine rings is 1. The van der Waals surface area contributed by atoms with Gasteiger partial charge in [-0.3, -0.25) is 9.59 Å². The lowest BCUT2D eigenvalue weighted by Crippen LogP contribution is -2.56. The molecule has 14 heteroatoms. The lowest BCUT2D eigenvalue weighted by atomic mass is 9.80. The molecule has 6 saturated carbocycles. The number of amides is 4. The number of hydrogen-bond acceptors (Lipinski definition) is 8. The lowest BCUT2D eigenvalue weighted by molar-refractivity contribution is -0.140. The second kappa shape index (κ2) is 16.5. The summed E-state index contributed by atoms with van der Waals surface area (Å²) < 4.78 is 11.3. The molecule has 14 nitrogen and oxygen atoms in total. The molecule has 2 aromatic heterocycles. The fraction of sp³-hybridized carbons (Fsp3) is 0.600. The number of carbonyl (C=O) groups is 4. The van der Waals surface area contributed by atoms with Crippen LogP contribution in [0.5, 0.6) is 0 Å². The van der Waals surface area contributed by atoms with Crippen LogP contribution < -0.4 is 10.6 Å². The summed E-state index contributed by atoms with van der Waals surface area (Å²) in [5.41, 5.74) is 4.68. The van der Waals surface area contributed by atoms with Gasteiger partial charge in [-0.25, -0.2) is 19.6 Å². The minimum absolute atomic E-state index is 0.00275. The number of aromatic nitrogens is 4. The topological polar surface area (TPSA) is 175 Å². The van der Waals surface area contributed by atoms with Crippen LogP contribution in [0.15, 0.2) is 60.9 Å². The Morgan fingerprint density at radius 2 is 0.928 bits per heavy atom. The van der Waals surface area contributed by atoms with Gasteiger partial charge in [-0.05, 0) is 182 Å². The van der Waals surface area contributed by atoms with Gasteiger partial charge in [0.05, 0.1) is 35.9 Å². The van der Waals surface area contributed by atoms with Crippen LogP contribution in [-0.2, 0) is 19.1 Å². The molecule has 4 N–H and O–H groups in total. The van der Waals surface area contributed by atoms with E-state index in [1.807, 2.05) is 58.8 Å². The van der Waals surface area contributed by atoms with Crippen LogP contribution in [0.25, 0.3) is 33.6 Å². The number of ether oxygens (including phenoxy) is 2. The molecule has 12 rings (SSSR count). The highest BCUT2D eigenvalue weighted by molar-refractivity contribution is 5.88. The number of nitrogens with one attached hydrogen (secondary N) is 4. The summed E-state index contributed by atoms with van der Waals surface area (Å²) in [6.07, 6.45) is 13.9. The Kier molecular flexibility index (Phi) is 10.6. The minimum atomic E-state index is -0.653. The molecule has 2 saturated heterocycles. The maximum atomic E-state index is 14.7. The van der Waals surface area contributed by atoms with Crippen molar-refractivity contribution in [2.45, 2.75) is 160 Å². The molecule has 69 heavy (non-hydrogen) atoms. The number of fused-ring (bicyclic) bond motifs is 4. The average Bonchev–Trinajstić information content (AvgIpc) is 4.02. The van der Waals surface area contributed by atoms with E-state index in [0.29, 0.717) is 35.5 Å². The largest absolute Gasteiger partial charge is 0.444 e. The summed E-state index contributed by atoms with van der Waals surface area (Å²) >= 11 is 0. The Morgan fingerprint density at radius 1 is 0.522 bits per heavy atom. The van der Waals surface area contributed by atoms with Gasteiger partial charge >= 0.3 is 12.2 Å². The van der Waals surface area contributed by atoms with E-state index >= 15 is 0 Å². The number of alkyl carbamates (subject to hydrolysis) is 2. The molecule has 0 bridgehead atoms. The predicted octanol–water partition coefficient (Wildman–Crippen LogP) is 9.73. The van der Waals surface area contributed by atoms with Gasteiger partial charge in [-0.15, -0.1) is 0 Å². The summed E-state index contributed by atoms with van der Waals surface area (Å²) in [5.74, 6) is 5.42. The number of aromatic amines is 2. The summed E-state index contributed by atoms with van der Waals surface area (Å²) in [7, 11) is 0. The molecule has 4 amide bonds. The molecule has 4 aromatic rings. The molecule has 4 heterocycles. The number of benzene rings is 2. The van der Waals surface area contributed by atoms with Crippen molar-refractivity contribution >= 4 is 24.0 Å². The van der Waals surface area contributed by atoms with E-state index in [1.54, 1.807) is 0 Å². The third-order valence-electron chi connectivity index (χ3n) is 17.1. The first-order chi connectivity index (χ1) is 33.0. The monoisotopic (exact) mass is 937 g/mol. The molecule has 8 fully saturated rings. The first-order valence-corrected chi connectivity index (χ1v) is 25.9. The fourth-order valence-corrected chi connectivity index (χ4v) is 13.4. The highest BCUT2D eigenvalue weighted by Gasteiger charge is 2.59. The Bertz CT molecular complexity index is 2620. The van der Waals surface area contributed by atoms with Crippen molar-refractivity contribution in [2.75, 3.05) is 0 Å². The summed E-state index contributed by atoms with van der Waals surface area (Å²) in [4.78, 5) is 76.5. The van der Waals surface area contributed by atoms with Gasteiger partial charge in [-0.1, -0.05) is 48.5 Å². The predicted molar refractivity (Wildman–Crippen MR) is 259 cm³/mol. The first kappa shape index (κ1) is 44.5. The molecule has 12 atom stereocenters. The molecule has 2 aliphatic heterocycles. The molecule has 0 spiro atoms. The van der Waals surface area contributed by atoms with Crippen molar-refractivity contribution in [2.24, 2.45) is 47.3 Å². The second-order valence-electron chi connectivity index (χ2n) is 24.2. The van der Waals surface area contributed by atoms with Gasteiger partial charge in [0.2, 0.25) is 11.8 Å². The minimum Gasteiger partial charge on any atom is -0.444 e. The van der Waals surface area contributed by atoms with Gasteiger partial charge in [0.25, 0.3) is 0 Å². The normalized spacial score (nSPS) is 32.2. The molecule has 8 aliphatic rings. The summed E-state index contributed by atoms with van der Waals surface area (Å²) in [5, 5.41) is 6.09. The lowest BCUT2D eigenvalue weighted by Gasteiger charge is -2.40. The smallest absolute Gasteiger partial charge is 0.408 e. The van der Waals surface area contributed by atoms with Crippen LogP contribution in [0.4, 0.5) is 9.59 Å². The van der Waals surface area contributed by atoms with Gasteiger partial charge < -0.3 is 39.9 Å². The highest BCUT2D eigenvalue weighted by atomic mass is 16.6. The first-order valence-electron chi connectivity index (χ1n) is 25.9. The van der Waals surface area contributed by atoms with Gasteiger partial charge in [0, 0.05) is 12.1 Å². The van der Waals surface area contributed by atoms with Gasteiger partial charge in [0.1, 0.15) is 34.9 Å². The van der Waals surface area contributed by atoms with Crippen LogP contribution >= 0.6 is 0 Å². The number of H-pyrrole nitrogens is 2. The SMILES string of the molecule is CC(C)(C)OC(=O)NC(C(=O)N1C(c2ncc(-c3ccc(-c4ccc(-c5cnc(C6CC7CC7N6C(=O)C(NC(=O)OC(C)(C)C)C6CC7CC7C6)[nH]5)cc4)cc3)[nH]2)CC2CCC21)C1CC2CC2C1. The van der Waals surface area contributed by atoms with Crippen LogP contribution in [0.1, 0.15) is 136 Å². The number of likely N-dealkylation sites (tertiary alicyclic amines) is 2. The number of hydrogen-bond donors (Lipinski definition) is 4. The number of carbonyl (C=O) groups excluding carboxylic acids is 4. The zero-order valence-corrected chi connectivity index (χ0v) is 40.9. The molecular weight excluding hydrogens is 869 g/mol. The van der Waals surface area contributed by atoms with Crippen molar-refractivity contribution in [1.29, 1.82) is 0 Å². The maximum Gasteiger partial charge on any atom is 0.408 e. The van der Waals surface area contributed by atoms with E-state index in [1.165, 1.54) is 12.8 Å². The average molecular weight is 937 g/mol. The van der Waals surface area contributed by atoms with Crippen molar-refractivity contribution in [3.8, 4) is 33.6 Å². The number of imidazole rings is 2. The third kappa shape index (κ3) is 8.72. The van der Waals surface area contributed by atoms with E-state index in [9.17, 15) is 19.2 Å². The summed E-state index contributed by atoms with van der Waals surface area (Å²) in [6.45, 7) is 11.1. The molecule has 0 radical (unpaired) electrons. The Hall–Kier alpha value is -5.66. The van der Waals surface area contributed by atoms with Crippen LogP contribution in [0.2, 0.25) is 0 Å². The quantitative estimate of drug-likeness (QED) is 0.115. The molecule has 2 aromatic carbocycles. The van der Waals surface area contributed by atoms with E-state index in [4.69, 9.17) is 19.4 Å². The molecule has 12 unspecified atom stereocenters. The zero-order chi connectivity index (χ0) is 47.7. The van der Waals surface area contributed by atoms with Crippen molar-refractivity contribution in [3.05, 3.63) is 72.6 Å². The second-order valence-corrected chi connectivity index (χ2v) is 24.2. The van der Waals surface area contributed by atoms with Crippen LogP contribution in [-0.4, -0.2) is 89.1 Å². The van der Waals surface area contributed by atoms with Crippen molar-refractivity contribution < 1.29 is 28.7 Å². The van der Waals surface area contributed by atoms with Crippen LogP contribution in [0, 0.1) is 47.3 Å². The van der Waals surface area contributed by atoms with E-state index in [0.717, 1.165) is 103 Å². The van der Waals surface area contributed by atoms with E-state index in [-0.39, 0.29) is 47.8 Å². The van der Waals surface area contributed by atoms with Crippen LogP contribution in [0.3, 0.4) is 0 Å². The number of nitrogens with zero attached hydrogens (tertiary/aromatic N) is 4. The Morgan fingerprint density at radius 3 is 1.33 bits per heavy atom.